The molecule has 0 saturated heterocycles. The van der Waals surface area contributed by atoms with Crippen molar-refractivity contribution in [2.75, 3.05) is 284 Å². The summed E-state index contributed by atoms with van der Waals surface area (Å²) in [6.45, 7) is 26.6. The summed E-state index contributed by atoms with van der Waals surface area (Å²) < 4.78 is 123. The van der Waals surface area contributed by atoms with Crippen molar-refractivity contribution in [2.45, 2.75) is 96.2 Å². The number of hydrogen-bond acceptors (Lipinski definition) is 23. The quantitative estimate of drug-likeness (QED) is 0.0578. The standard InChI is InChI=1S/C61H120O23/c1-3-5-6-7-8-9-10-11-59-12-14-60(15-13-59)84-61(57-82-17-4-2)58-83-56-55-81-54-53-80-52-51-79-50-49-78-48-47-77-46-45-76-44-43-75-42-41-74-40-39-73-38-37-72-36-35-71-34-33-70-32-31-69-30-29-68-28-27-67-26-25-66-24-23-65-22-21-64-20-19-63-18-16-62/h4,59-62H,2-3,5-58H2,1H3. The molecule has 0 aromatic carbocycles. The SMILES string of the molecule is C=CCOCC(COCCOCCOCCOCCOCCOCCOCCOCCOCCOCCOCCOCCOCCOCCOCCOCCOCCOCCOCCOCCO)OC1CCC(CCCCCCCCC)CC1. The van der Waals surface area contributed by atoms with Crippen LogP contribution in [-0.2, 0) is 104 Å². The normalized spacial score (nSPS) is 15.0. The van der Waals surface area contributed by atoms with Gasteiger partial charge in [0.2, 0.25) is 0 Å². The van der Waals surface area contributed by atoms with E-state index in [1.54, 1.807) is 6.08 Å². The van der Waals surface area contributed by atoms with Crippen LogP contribution in [-0.4, -0.2) is 301 Å². The van der Waals surface area contributed by atoms with E-state index in [1.165, 1.54) is 64.2 Å². The molecule has 1 atom stereocenters. The molecule has 0 aliphatic heterocycles. The molecule has 84 heavy (non-hydrogen) atoms. The summed E-state index contributed by atoms with van der Waals surface area (Å²) in [5, 5.41) is 8.62. The zero-order valence-electron chi connectivity index (χ0n) is 52.3. The average Bonchev–Trinajstić information content (AvgIpc) is 3.61. The van der Waals surface area contributed by atoms with E-state index in [9.17, 15) is 0 Å². The highest BCUT2D eigenvalue weighted by atomic mass is 16.6. The fourth-order valence-electron chi connectivity index (χ4n) is 8.09. The second kappa shape index (κ2) is 72.6. The van der Waals surface area contributed by atoms with Crippen LogP contribution < -0.4 is 0 Å². The zero-order chi connectivity index (χ0) is 59.9. The van der Waals surface area contributed by atoms with Gasteiger partial charge in [0.15, 0.2) is 0 Å². The molecule has 0 aromatic rings. The Bertz CT molecular complexity index is 1210. The minimum absolute atomic E-state index is 0.0189. The largest absolute Gasteiger partial charge is 0.394 e. The lowest BCUT2D eigenvalue weighted by Crippen LogP contribution is -2.33. The van der Waals surface area contributed by atoms with Crippen molar-refractivity contribution in [3.8, 4) is 0 Å². The number of aliphatic hydroxyl groups excluding tert-OH is 1. The Morgan fingerprint density at radius 2 is 0.548 bits per heavy atom. The van der Waals surface area contributed by atoms with E-state index in [0.717, 1.165) is 18.8 Å². The molecule has 0 bridgehead atoms. The Labute approximate surface area is 506 Å². The van der Waals surface area contributed by atoms with Crippen LogP contribution in [0.25, 0.3) is 0 Å². The summed E-state index contributed by atoms with van der Waals surface area (Å²) in [5.74, 6) is 0.855. The van der Waals surface area contributed by atoms with Crippen LogP contribution in [0.2, 0.25) is 0 Å². The van der Waals surface area contributed by atoms with Crippen molar-refractivity contribution in [2.24, 2.45) is 5.92 Å². The van der Waals surface area contributed by atoms with Gasteiger partial charge in [-0.15, -0.1) is 6.58 Å². The van der Waals surface area contributed by atoms with Gasteiger partial charge in [0, 0.05) is 0 Å². The molecule has 0 amide bonds. The molecule has 23 nitrogen and oxygen atoms in total. The summed E-state index contributed by atoms with van der Waals surface area (Å²) in [6.07, 6.45) is 17.8. The molecule has 0 aromatic heterocycles. The second-order valence-corrected chi connectivity index (χ2v) is 19.6. The van der Waals surface area contributed by atoms with E-state index in [4.69, 9.17) is 109 Å². The third-order valence-corrected chi connectivity index (χ3v) is 12.5. The molecular weight excluding hydrogens is 1100 g/mol. The molecule has 1 unspecified atom stereocenters. The van der Waals surface area contributed by atoms with Gasteiger partial charge in [0.25, 0.3) is 0 Å². The summed E-state index contributed by atoms with van der Waals surface area (Å²) in [4.78, 5) is 0. The Balaban J connectivity index is 1.68. The highest BCUT2D eigenvalue weighted by molar-refractivity contribution is 4.75. The predicted molar refractivity (Wildman–Crippen MR) is 318 cm³/mol. The Morgan fingerprint density at radius 1 is 0.310 bits per heavy atom. The van der Waals surface area contributed by atoms with Gasteiger partial charge < -0.3 is 109 Å². The van der Waals surface area contributed by atoms with E-state index >= 15 is 0 Å². The maximum Gasteiger partial charge on any atom is 0.104 e. The summed E-state index contributed by atoms with van der Waals surface area (Å²) in [7, 11) is 0. The van der Waals surface area contributed by atoms with Crippen LogP contribution in [0.3, 0.4) is 0 Å². The van der Waals surface area contributed by atoms with Crippen molar-refractivity contribution < 1.29 is 109 Å². The van der Waals surface area contributed by atoms with Crippen molar-refractivity contribution in [1.82, 2.24) is 0 Å². The number of ether oxygens (including phenoxy) is 22. The highest BCUT2D eigenvalue weighted by Gasteiger charge is 2.24. The molecule has 0 spiro atoms. The summed E-state index contributed by atoms with van der Waals surface area (Å²) in [6, 6.07) is 0. The first-order valence-electron chi connectivity index (χ1n) is 31.8. The molecular formula is C61H120O23. The summed E-state index contributed by atoms with van der Waals surface area (Å²) in [5.41, 5.74) is 0. The molecule has 1 rings (SSSR count). The number of hydrogen-bond donors (Lipinski definition) is 1. The molecule has 0 radical (unpaired) electrons. The van der Waals surface area contributed by atoms with Crippen LogP contribution in [0.4, 0.5) is 0 Å². The van der Waals surface area contributed by atoms with Crippen LogP contribution in [0.5, 0.6) is 0 Å². The summed E-state index contributed by atoms with van der Waals surface area (Å²) >= 11 is 0. The van der Waals surface area contributed by atoms with Gasteiger partial charge in [-0.2, -0.15) is 0 Å². The topological polar surface area (TPSA) is 223 Å². The van der Waals surface area contributed by atoms with Gasteiger partial charge in [0.05, 0.1) is 290 Å². The minimum atomic E-state index is -0.0861. The van der Waals surface area contributed by atoms with Gasteiger partial charge in [-0.1, -0.05) is 64.4 Å². The lowest BCUT2D eigenvalue weighted by molar-refractivity contribution is -0.105. The number of rotatable bonds is 75. The van der Waals surface area contributed by atoms with Crippen LogP contribution in [0.15, 0.2) is 12.7 Å². The smallest absolute Gasteiger partial charge is 0.104 e. The number of unbranched alkanes of at least 4 members (excludes halogenated alkanes) is 6. The van der Waals surface area contributed by atoms with E-state index in [1.807, 2.05) is 0 Å². The second-order valence-electron chi connectivity index (χ2n) is 19.6. The molecule has 1 N–H and O–H groups in total. The van der Waals surface area contributed by atoms with E-state index in [0.29, 0.717) is 277 Å². The maximum atomic E-state index is 8.62. The minimum Gasteiger partial charge on any atom is -0.394 e. The molecule has 23 heteroatoms. The monoisotopic (exact) mass is 1220 g/mol. The van der Waals surface area contributed by atoms with Crippen LogP contribution in [0.1, 0.15) is 84.0 Å². The highest BCUT2D eigenvalue weighted by Crippen LogP contribution is 2.31. The van der Waals surface area contributed by atoms with Gasteiger partial charge >= 0.3 is 0 Å². The molecule has 1 aliphatic rings. The first kappa shape index (κ1) is 80.8. The molecule has 1 fully saturated rings. The lowest BCUT2D eigenvalue weighted by Gasteiger charge is -2.31. The van der Waals surface area contributed by atoms with Crippen molar-refractivity contribution in [3.05, 3.63) is 12.7 Å². The van der Waals surface area contributed by atoms with Crippen LogP contribution in [0, 0.1) is 5.92 Å². The van der Waals surface area contributed by atoms with Crippen LogP contribution >= 0.6 is 0 Å². The zero-order valence-corrected chi connectivity index (χ0v) is 52.3. The van der Waals surface area contributed by atoms with Gasteiger partial charge in [-0.05, 0) is 31.6 Å². The fourth-order valence-corrected chi connectivity index (χ4v) is 8.09. The van der Waals surface area contributed by atoms with Gasteiger partial charge in [-0.3, -0.25) is 0 Å². The molecule has 0 heterocycles. The third kappa shape index (κ3) is 65.3. The third-order valence-electron chi connectivity index (χ3n) is 12.5. The Kier molecular flexibility index (Phi) is 69.8. The van der Waals surface area contributed by atoms with Crippen molar-refractivity contribution in [3.63, 3.8) is 0 Å². The molecule has 1 aliphatic carbocycles. The Morgan fingerprint density at radius 3 is 0.810 bits per heavy atom. The Hall–Kier alpha value is -1.18. The van der Waals surface area contributed by atoms with Gasteiger partial charge in [0.1, 0.15) is 6.10 Å². The fraction of sp³-hybridized carbons (Fsp3) is 0.967. The predicted octanol–water partition coefficient (Wildman–Crippen LogP) is 5.60. The maximum absolute atomic E-state index is 8.62. The molecule has 1 saturated carbocycles. The molecule has 502 valence electrons. The average molecular weight is 1220 g/mol. The van der Waals surface area contributed by atoms with E-state index in [-0.39, 0.29) is 18.8 Å². The van der Waals surface area contributed by atoms with E-state index < -0.39 is 0 Å². The first-order chi connectivity index (χ1) is 41.8. The lowest BCUT2D eigenvalue weighted by atomic mass is 9.84. The van der Waals surface area contributed by atoms with Crippen molar-refractivity contribution >= 4 is 0 Å². The first-order valence-corrected chi connectivity index (χ1v) is 31.8. The van der Waals surface area contributed by atoms with Crippen molar-refractivity contribution in [1.29, 1.82) is 0 Å². The van der Waals surface area contributed by atoms with E-state index in [2.05, 4.69) is 13.5 Å². The number of aliphatic hydroxyl groups is 1. The van der Waals surface area contributed by atoms with Gasteiger partial charge in [-0.25, -0.2) is 0 Å².